The van der Waals surface area contributed by atoms with Crippen molar-refractivity contribution >= 4 is 40.5 Å². The van der Waals surface area contributed by atoms with Gasteiger partial charge in [0.05, 0.1) is 28.6 Å². The van der Waals surface area contributed by atoms with Crippen LogP contribution >= 0.6 is 23.1 Å². The van der Waals surface area contributed by atoms with Crippen molar-refractivity contribution in [2.75, 3.05) is 23.5 Å². The number of benzene rings is 1. The summed E-state index contributed by atoms with van der Waals surface area (Å²) in [6, 6.07) is 13.8. The molecule has 116 valence electrons. The first-order valence-electron chi connectivity index (χ1n) is 6.94. The van der Waals surface area contributed by atoms with Crippen molar-refractivity contribution in [3.8, 4) is 0 Å². The fraction of sp³-hybridized carbons (Fsp3) is 0.250. The molecule has 0 atom stereocenters. The SMILES string of the molecule is CCOC(=O)CSC/C(=N\Nc1ccccc1)c1cccs1. The van der Waals surface area contributed by atoms with Crippen molar-refractivity contribution in [3.63, 3.8) is 0 Å². The fourth-order valence-corrected chi connectivity index (χ4v) is 3.25. The number of thiophene rings is 1. The molecular formula is C16H18N2O2S2. The molecule has 0 bridgehead atoms. The summed E-state index contributed by atoms with van der Waals surface area (Å²) in [5.74, 6) is 0.803. The maximum Gasteiger partial charge on any atom is 0.315 e. The van der Waals surface area contributed by atoms with E-state index >= 15 is 0 Å². The summed E-state index contributed by atoms with van der Waals surface area (Å²) >= 11 is 3.14. The number of nitrogens with zero attached hydrogens (tertiary/aromatic N) is 1. The number of hydrazone groups is 1. The summed E-state index contributed by atoms with van der Waals surface area (Å²) in [6.07, 6.45) is 0. The van der Waals surface area contributed by atoms with Gasteiger partial charge in [-0.25, -0.2) is 0 Å². The lowest BCUT2D eigenvalue weighted by atomic mass is 10.3. The first-order valence-corrected chi connectivity index (χ1v) is 8.98. The molecule has 2 aromatic rings. The molecule has 2 rings (SSSR count). The average molecular weight is 334 g/mol. The molecule has 0 fully saturated rings. The van der Waals surface area contributed by atoms with E-state index in [4.69, 9.17) is 4.74 Å². The van der Waals surface area contributed by atoms with Crippen molar-refractivity contribution < 1.29 is 9.53 Å². The molecule has 0 saturated heterocycles. The summed E-state index contributed by atoms with van der Waals surface area (Å²) in [4.78, 5) is 12.5. The highest BCUT2D eigenvalue weighted by Gasteiger charge is 2.08. The van der Waals surface area contributed by atoms with Crippen LogP contribution in [0.2, 0.25) is 0 Å². The van der Waals surface area contributed by atoms with Crippen molar-refractivity contribution in [1.29, 1.82) is 0 Å². The Kier molecular flexibility index (Phi) is 6.99. The van der Waals surface area contributed by atoms with Gasteiger partial charge in [-0.3, -0.25) is 10.2 Å². The largest absolute Gasteiger partial charge is 0.465 e. The van der Waals surface area contributed by atoms with Gasteiger partial charge in [-0.2, -0.15) is 5.10 Å². The second-order valence-corrected chi connectivity index (χ2v) is 6.24. The normalized spacial score (nSPS) is 11.2. The molecule has 4 nitrogen and oxygen atoms in total. The third-order valence-corrected chi connectivity index (χ3v) is 4.50. The predicted molar refractivity (Wildman–Crippen MR) is 94.9 cm³/mol. The molecule has 0 aliphatic rings. The number of thioether (sulfide) groups is 1. The van der Waals surface area contributed by atoms with Crippen LogP contribution in [0.3, 0.4) is 0 Å². The molecule has 0 spiro atoms. The van der Waals surface area contributed by atoms with Gasteiger partial charge in [0, 0.05) is 5.75 Å². The Morgan fingerprint density at radius 3 is 2.73 bits per heavy atom. The van der Waals surface area contributed by atoms with Gasteiger partial charge in [-0.15, -0.1) is 23.1 Å². The number of anilines is 1. The van der Waals surface area contributed by atoms with Gasteiger partial charge < -0.3 is 4.74 Å². The zero-order valence-electron chi connectivity index (χ0n) is 12.3. The third-order valence-electron chi connectivity index (χ3n) is 2.66. The zero-order chi connectivity index (χ0) is 15.6. The molecule has 0 radical (unpaired) electrons. The van der Waals surface area contributed by atoms with Gasteiger partial charge in [0.2, 0.25) is 0 Å². The lowest BCUT2D eigenvalue weighted by Gasteiger charge is -2.06. The minimum atomic E-state index is -0.186. The van der Waals surface area contributed by atoms with Crippen LogP contribution in [0, 0.1) is 0 Å². The van der Waals surface area contributed by atoms with Crippen LogP contribution in [0.4, 0.5) is 5.69 Å². The molecule has 0 saturated carbocycles. The standard InChI is InChI=1S/C16H18N2O2S2/c1-2-20-16(19)12-21-11-14(15-9-6-10-22-15)18-17-13-7-4-3-5-8-13/h3-10,17H,2,11-12H2,1H3/b18-14+. The van der Waals surface area contributed by atoms with Crippen molar-refractivity contribution in [1.82, 2.24) is 0 Å². The van der Waals surface area contributed by atoms with Crippen LogP contribution in [-0.4, -0.2) is 29.8 Å². The van der Waals surface area contributed by atoms with Gasteiger partial charge >= 0.3 is 5.97 Å². The zero-order valence-corrected chi connectivity index (χ0v) is 14.0. The number of rotatable bonds is 8. The topological polar surface area (TPSA) is 50.7 Å². The van der Waals surface area contributed by atoms with Gasteiger partial charge in [-0.1, -0.05) is 24.3 Å². The molecule has 1 N–H and O–H groups in total. The highest BCUT2D eigenvalue weighted by Crippen LogP contribution is 2.15. The van der Waals surface area contributed by atoms with Gasteiger partial charge in [0.1, 0.15) is 0 Å². The van der Waals surface area contributed by atoms with Crippen molar-refractivity contribution in [2.45, 2.75) is 6.92 Å². The van der Waals surface area contributed by atoms with E-state index in [2.05, 4.69) is 10.5 Å². The van der Waals surface area contributed by atoms with E-state index in [1.165, 1.54) is 11.8 Å². The van der Waals surface area contributed by atoms with Crippen molar-refractivity contribution in [2.24, 2.45) is 5.10 Å². The Labute approximate surface area is 138 Å². The number of hydrogen-bond donors (Lipinski definition) is 1. The quantitative estimate of drug-likeness (QED) is 0.452. The van der Waals surface area contributed by atoms with E-state index in [-0.39, 0.29) is 5.97 Å². The highest BCUT2D eigenvalue weighted by atomic mass is 32.2. The highest BCUT2D eigenvalue weighted by molar-refractivity contribution is 8.00. The minimum Gasteiger partial charge on any atom is -0.465 e. The van der Waals surface area contributed by atoms with Crippen molar-refractivity contribution in [3.05, 3.63) is 52.7 Å². The van der Waals surface area contributed by atoms with Gasteiger partial charge in [0.15, 0.2) is 0 Å². The van der Waals surface area contributed by atoms with Crippen LogP contribution in [0.5, 0.6) is 0 Å². The second-order valence-electron chi connectivity index (χ2n) is 4.31. The first kappa shape index (κ1) is 16.6. The lowest BCUT2D eigenvalue weighted by Crippen LogP contribution is -2.11. The first-order chi connectivity index (χ1) is 10.8. The van der Waals surface area contributed by atoms with Gasteiger partial charge in [0.25, 0.3) is 0 Å². The Morgan fingerprint density at radius 2 is 2.05 bits per heavy atom. The minimum absolute atomic E-state index is 0.186. The van der Waals surface area contributed by atoms with Crippen LogP contribution in [0.1, 0.15) is 11.8 Å². The van der Waals surface area contributed by atoms with E-state index in [9.17, 15) is 4.79 Å². The van der Waals surface area contributed by atoms with Crippen LogP contribution in [-0.2, 0) is 9.53 Å². The number of hydrogen-bond acceptors (Lipinski definition) is 6. The van der Waals surface area contributed by atoms with E-state index < -0.39 is 0 Å². The number of ether oxygens (including phenoxy) is 1. The van der Waals surface area contributed by atoms with E-state index in [0.717, 1.165) is 16.3 Å². The molecule has 0 aliphatic heterocycles. The Bertz CT molecular complexity index is 598. The summed E-state index contributed by atoms with van der Waals surface area (Å²) in [7, 11) is 0. The Balaban J connectivity index is 1.96. The summed E-state index contributed by atoms with van der Waals surface area (Å²) in [5, 5.41) is 6.50. The van der Waals surface area contributed by atoms with E-state index in [1.807, 2.05) is 54.8 Å². The summed E-state index contributed by atoms with van der Waals surface area (Å²) in [5.41, 5.74) is 4.92. The number of esters is 1. The van der Waals surface area contributed by atoms with Gasteiger partial charge in [-0.05, 0) is 30.5 Å². The Morgan fingerprint density at radius 1 is 1.23 bits per heavy atom. The van der Waals surface area contributed by atoms with Crippen LogP contribution < -0.4 is 5.43 Å². The molecular weight excluding hydrogens is 316 g/mol. The van der Waals surface area contributed by atoms with Crippen LogP contribution in [0.25, 0.3) is 0 Å². The molecule has 0 aliphatic carbocycles. The number of nitrogens with one attached hydrogen (secondary N) is 1. The number of carbonyl (C=O) groups excluding carboxylic acids is 1. The molecule has 1 aromatic heterocycles. The maximum absolute atomic E-state index is 11.4. The van der Waals surface area contributed by atoms with E-state index in [0.29, 0.717) is 18.1 Å². The molecule has 6 heteroatoms. The summed E-state index contributed by atoms with van der Waals surface area (Å²) in [6.45, 7) is 2.23. The molecule has 1 heterocycles. The van der Waals surface area contributed by atoms with Crippen LogP contribution in [0.15, 0.2) is 52.9 Å². The smallest absolute Gasteiger partial charge is 0.315 e. The molecule has 0 unspecified atom stereocenters. The Hall–Kier alpha value is -1.79. The number of para-hydroxylation sites is 1. The summed E-state index contributed by atoms with van der Waals surface area (Å²) < 4.78 is 4.93. The van der Waals surface area contributed by atoms with E-state index in [1.54, 1.807) is 11.3 Å². The monoisotopic (exact) mass is 334 g/mol. The maximum atomic E-state index is 11.4. The lowest BCUT2D eigenvalue weighted by molar-refractivity contribution is -0.139. The average Bonchev–Trinajstić information content (AvgIpc) is 3.06. The predicted octanol–water partition coefficient (Wildman–Crippen LogP) is 3.86. The fourth-order valence-electron chi connectivity index (χ4n) is 1.68. The number of carbonyl (C=O) groups is 1. The second kappa shape index (κ2) is 9.27. The third kappa shape index (κ3) is 5.54. The molecule has 22 heavy (non-hydrogen) atoms. The molecule has 0 amide bonds. The molecule has 1 aromatic carbocycles.